The minimum atomic E-state index is 0.580. The summed E-state index contributed by atoms with van der Waals surface area (Å²) in [6.45, 7) is 0. The van der Waals surface area contributed by atoms with Crippen LogP contribution in [0.2, 0.25) is 0 Å². The van der Waals surface area contributed by atoms with Gasteiger partial charge >= 0.3 is 0 Å². The zero-order valence-corrected chi connectivity index (χ0v) is 33.1. The molecule has 0 atom stereocenters. The van der Waals surface area contributed by atoms with Gasteiger partial charge in [0.05, 0.1) is 21.3 Å². The van der Waals surface area contributed by atoms with Crippen LogP contribution in [0.4, 0.5) is 0 Å². The van der Waals surface area contributed by atoms with E-state index in [0.717, 1.165) is 48.3 Å². The van der Waals surface area contributed by atoms with Crippen LogP contribution in [0.5, 0.6) is 0 Å². The third-order valence-electron chi connectivity index (χ3n) is 11.1. The van der Waals surface area contributed by atoms with E-state index < -0.39 is 0 Å². The Morgan fingerprint density at radius 3 is 1.86 bits per heavy atom. The molecule has 5 nitrogen and oxygen atoms in total. The molecule has 0 saturated heterocycles. The van der Waals surface area contributed by atoms with Crippen molar-refractivity contribution >= 4 is 74.9 Å². The van der Waals surface area contributed by atoms with Gasteiger partial charge in [0.25, 0.3) is 0 Å². The van der Waals surface area contributed by atoms with Crippen molar-refractivity contribution < 1.29 is 0 Å². The first-order valence-corrected chi connectivity index (χ1v) is 21.2. The van der Waals surface area contributed by atoms with Crippen LogP contribution in [0.15, 0.2) is 188 Å². The second-order valence-electron chi connectivity index (χ2n) is 14.6. The molecule has 12 rings (SSSR count). The minimum Gasteiger partial charge on any atom is -0.278 e. The Morgan fingerprint density at radius 1 is 0.373 bits per heavy atom. The van der Waals surface area contributed by atoms with Crippen LogP contribution < -0.4 is 0 Å². The number of nitrogens with zero attached hydrogens (tertiary/aromatic N) is 5. The molecule has 0 aliphatic rings. The highest BCUT2D eigenvalue weighted by molar-refractivity contribution is 7.26. The van der Waals surface area contributed by atoms with Crippen LogP contribution >= 0.6 is 22.7 Å². The average Bonchev–Trinajstić information content (AvgIpc) is 4.01. The molecule has 59 heavy (non-hydrogen) atoms. The van der Waals surface area contributed by atoms with Crippen LogP contribution in [-0.4, -0.2) is 24.5 Å². The lowest BCUT2D eigenvalue weighted by Gasteiger charge is -2.11. The van der Waals surface area contributed by atoms with Crippen LogP contribution in [0.1, 0.15) is 0 Å². The van der Waals surface area contributed by atoms with Gasteiger partial charge in [0.1, 0.15) is 5.01 Å². The van der Waals surface area contributed by atoms with Crippen molar-refractivity contribution in [3.05, 3.63) is 188 Å². The molecular weight excluding hydrogens is 759 g/mol. The summed E-state index contributed by atoms with van der Waals surface area (Å²) in [5.41, 5.74) is 10.9. The van der Waals surface area contributed by atoms with Crippen LogP contribution in [0.3, 0.4) is 0 Å². The Labute approximate surface area is 347 Å². The highest BCUT2D eigenvalue weighted by atomic mass is 32.1. The molecule has 0 saturated carbocycles. The fourth-order valence-electron chi connectivity index (χ4n) is 8.36. The largest absolute Gasteiger partial charge is 0.278 e. The van der Waals surface area contributed by atoms with E-state index >= 15 is 0 Å². The van der Waals surface area contributed by atoms with Gasteiger partial charge < -0.3 is 0 Å². The summed E-state index contributed by atoms with van der Waals surface area (Å²) < 4.78 is 5.73. The zero-order valence-electron chi connectivity index (χ0n) is 31.5. The Bertz CT molecular complexity index is 3550. The Kier molecular flexibility index (Phi) is 7.82. The molecule has 12 aromatic rings. The Hall–Kier alpha value is -7.32. The van der Waals surface area contributed by atoms with Gasteiger partial charge in [-0.1, -0.05) is 146 Å². The van der Waals surface area contributed by atoms with Gasteiger partial charge in [0.15, 0.2) is 11.6 Å². The topological polar surface area (TPSA) is 56.5 Å². The van der Waals surface area contributed by atoms with Crippen molar-refractivity contribution in [1.29, 1.82) is 0 Å². The van der Waals surface area contributed by atoms with Gasteiger partial charge in [-0.15, -0.1) is 22.7 Å². The van der Waals surface area contributed by atoms with Gasteiger partial charge in [-0.05, 0) is 64.7 Å². The highest BCUT2D eigenvalue weighted by Crippen LogP contribution is 2.43. The van der Waals surface area contributed by atoms with E-state index in [4.69, 9.17) is 19.9 Å². The number of para-hydroxylation sites is 1. The summed E-state index contributed by atoms with van der Waals surface area (Å²) in [7, 11) is 0. The molecular formula is C52H31N5S2. The molecule has 0 aliphatic carbocycles. The Morgan fingerprint density at radius 2 is 1.03 bits per heavy atom. The summed E-state index contributed by atoms with van der Waals surface area (Å²) in [4.78, 5) is 20.9. The minimum absolute atomic E-state index is 0.580. The van der Waals surface area contributed by atoms with Gasteiger partial charge in [-0.3, -0.25) is 4.57 Å². The number of thiazole rings is 1. The summed E-state index contributed by atoms with van der Waals surface area (Å²) >= 11 is 3.52. The summed E-state index contributed by atoms with van der Waals surface area (Å²) in [5, 5.41) is 5.70. The lowest BCUT2D eigenvalue weighted by Crippen LogP contribution is -2.06. The van der Waals surface area contributed by atoms with Crippen LogP contribution in [0, 0.1) is 0 Å². The molecule has 0 bridgehead atoms. The quantitative estimate of drug-likeness (QED) is 0.168. The number of hydrogen-bond donors (Lipinski definition) is 0. The molecule has 0 aliphatic heterocycles. The van der Waals surface area contributed by atoms with E-state index in [9.17, 15) is 0 Å². The van der Waals surface area contributed by atoms with Crippen molar-refractivity contribution in [3.8, 4) is 61.5 Å². The first kappa shape index (κ1) is 33.8. The molecule has 0 fully saturated rings. The second-order valence-corrected chi connectivity index (χ2v) is 16.7. The van der Waals surface area contributed by atoms with E-state index in [2.05, 4.69) is 174 Å². The normalized spacial score (nSPS) is 11.7. The maximum absolute atomic E-state index is 5.35. The molecule has 0 unspecified atom stereocenters. The fourth-order valence-corrected chi connectivity index (χ4v) is 10.6. The van der Waals surface area contributed by atoms with Crippen molar-refractivity contribution in [1.82, 2.24) is 24.5 Å². The molecule has 8 aromatic carbocycles. The third kappa shape index (κ3) is 5.66. The number of rotatable bonds is 6. The number of hydrogen-bond acceptors (Lipinski definition) is 6. The van der Waals surface area contributed by atoms with E-state index in [1.807, 2.05) is 18.2 Å². The predicted molar refractivity (Wildman–Crippen MR) is 247 cm³/mol. The molecule has 7 heteroatoms. The molecule has 0 amide bonds. The summed E-state index contributed by atoms with van der Waals surface area (Å²) in [6, 6.07) is 66.1. The van der Waals surface area contributed by atoms with E-state index in [1.165, 1.54) is 47.8 Å². The SMILES string of the molecule is c1ccc(-c2ccc3nc(-c4ccc5sc6c(-c7nc(-c8ccccc8)nc(-n8c9ccccc9c9c(-c%10ccccc%10)cccc98)n7)cccc6c5c4)sc3c2)cc1. The highest BCUT2D eigenvalue weighted by Gasteiger charge is 2.21. The van der Waals surface area contributed by atoms with Crippen molar-refractivity contribution in [3.63, 3.8) is 0 Å². The van der Waals surface area contributed by atoms with Crippen molar-refractivity contribution in [2.45, 2.75) is 0 Å². The third-order valence-corrected chi connectivity index (χ3v) is 13.4. The molecule has 0 radical (unpaired) electrons. The number of thiophene rings is 1. The maximum Gasteiger partial charge on any atom is 0.238 e. The average molecular weight is 790 g/mol. The molecule has 4 heterocycles. The zero-order chi connectivity index (χ0) is 38.9. The number of benzene rings is 8. The van der Waals surface area contributed by atoms with Gasteiger partial charge in [-0.25, -0.2) is 9.97 Å². The predicted octanol–water partition coefficient (Wildman–Crippen LogP) is 14.3. The van der Waals surface area contributed by atoms with Gasteiger partial charge in [0, 0.05) is 47.6 Å². The number of aromatic nitrogens is 5. The van der Waals surface area contributed by atoms with Gasteiger partial charge in [-0.2, -0.15) is 9.97 Å². The van der Waals surface area contributed by atoms with E-state index in [-0.39, 0.29) is 0 Å². The first-order valence-electron chi connectivity index (χ1n) is 19.5. The molecule has 276 valence electrons. The fraction of sp³-hybridized carbons (Fsp3) is 0. The monoisotopic (exact) mass is 789 g/mol. The smallest absolute Gasteiger partial charge is 0.238 e. The Balaban J connectivity index is 1.03. The lowest BCUT2D eigenvalue weighted by molar-refractivity contribution is 0.954. The van der Waals surface area contributed by atoms with Crippen LogP contribution in [-0.2, 0) is 0 Å². The maximum atomic E-state index is 5.35. The van der Waals surface area contributed by atoms with E-state index in [1.54, 1.807) is 22.7 Å². The molecule has 0 spiro atoms. The van der Waals surface area contributed by atoms with Crippen molar-refractivity contribution in [2.75, 3.05) is 0 Å². The molecule has 0 N–H and O–H groups in total. The van der Waals surface area contributed by atoms with E-state index in [0.29, 0.717) is 17.6 Å². The summed E-state index contributed by atoms with van der Waals surface area (Å²) in [5.74, 6) is 1.84. The van der Waals surface area contributed by atoms with Gasteiger partial charge in [0.2, 0.25) is 5.95 Å². The first-order chi connectivity index (χ1) is 29.2. The summed E-state index contributed by atoms with van der Waals surface area (Å²) in [6.07, 6.45) is 0. The lowest BCUT2D eigenvalue weighted by atomic mass is 9.99. The number of fused-ring (bicyclic) bond motifs is 7. The van der Waals surface area contributed by atoms with Crippen molar-refractivity contribution in [2.24, 2.45) is 0 Å². The second kappa shape index (κ2) is 13.7. The molecule has 4 aromatic heterocycles. The standard InChI is InChI=1S/C52H31N5S2/c1-4-14-32(15-5-1)35-26-28-42-46(31-35)59-51(53-42)36-27-29-45-41(30-36)38-22-12-23-40(48(38)58-45)50-54-49(34-18-8-3-9-19-34)55-52(56-50)57-43-24-11-10-20-39(43)47-37(21-13-25-44(47)57)33-16-6-2-7-17-33/h1-31H. The van der Waals surface area contributed by atoms with Crippen LogP contribution in [0.25, 0.3) is 114 Å².